The van der Waals surface area contributed by atoms with Gasteiger partial charge in [-0.15, -0.1) is 0 Å². The predicted molar refractivity (Wildman–Crippen MR) is 126 cm³/mol. The Morgan fingerprint density at radius 3 is 2.78 bits per heavy atom. The molecule has 32 heavy (non-hydrogen) atoms. The fourth-order valence-electron chi connectivity index (χ4n) is 7.99. The zero-order valence-electron chi connectivity index (χ0n) is 19.3. The summed E-state index contributed by atoms with van der Waals surface area (Å²) >= 11 is 0. The van der Waals surface area contributed by atoms with Gasteiger partial charge in [0.15, 0.2) is 0 Å². The molecular formula is C28H33NO3. The number of furan rings is 1. The molecule has 3 aliphatic carbocycles. The first kappa shape index (κ1) is 20.3. The molecule has 0 saturated heterocycles. The molecule has 0 radical (unpaired) electrons. The molecule has 1 N–H and O–H groups in total. The Labute approximate surface area is 190 Å². The summed E-state index contributed by atoms with van der Waals surface area (Å²) in [5.74, 6) is 2.59. The Balaban J connectivity index is 1.33. The van der Waals surface area contributed by atoms with E-state index in [-0.39, 0.29) is 16.7 Å². The molecule has 0 unspecified atom stereocenters. The summed E-state index contributed by atoms with van der Waals surface area (Å²) in [5, 5.41) is 12.6. The van der Waals surface area contributed by atoms with Crippen LogP contribution in [0.4, 0.5) is 0 Å². The van der Waals surface area contributed by atoms with Gasteiger partial charge in [0.2, 0.25) is 5.91 Å². The lowest BCUT2D eigenvalue weighted by Gasteiger charge is -2.59. The number of aliphatic hydroxyl groups excluding tert-OH is 1. The maximum atomic E-state index is 12.3. The van der Waals surface area contributed by atoms with E-state index in [1.807, 2.05) is 30.1 Å². The largest absolute Gasteiger partial charge is 0.457 e. The van der Waals surface area contributed by atoms with E-state index in [1.54, 1.807) is 6.08 Å². The molecule has 0 bridgehead atoms. The smallest absolute Gasteiger partial charge is 0.246 e. The monoisotopic (exact) mass is 431 g/mol. The van der Waals surface area contributed by atoms with E-state index in [9.17, 15) is 9.90 Å². The van der Waals surface area contributed by atoms with E-state index >= 15 is 0 Å². The Morgan fingerprint density at radius 2 is 1.97 bits per heavy atom. The molecular weight excluding hydrogens is 398 g/mol. The van der Waals surface area contributed by atoms with Crippen molar-refractivity contribution in [2.75, 3.05) is 7.05 Å². The van der Waals surface area contributed by atoms with Crippen molar-refractivity contribution < 1.29 is 14.3 Å². The van der Waals surface area contributed by atoms with Crippen LogP contribution < -0.4 is 0 Å². The SMILES string of the molecule is CN1C(=O)C=C[C@]2(C)[C@H]3CC[C@]4(C)[C@@H](O)C(=Cc5cc6ccccc6o5)C[C@H]4[C@@H]3CC[C@@H]12. The summed E-state index contributed by atoms with van der Waals surface area (Å²) in [6, 6.07) is 10.4. The highest BCUT2D eigenvalue weighted by Gasteiger charge is 2.61. The minimum absolute atomic E-state index is 0.0308. The van der Waals surface area contributed by atoms with Crippen molar-refractivity contribution in [1.82, 2.24) is 4.90 Å². The van der Waals surface area contributed by atoms with E-state index in [2.05, 4.69) is 38.1 Å². The summed E-state index contributed by atoms with van der Waals surface area (Å²) in [7, 11) is 1.97. The minimum atomic E-state index is -0.418. The van der Waals surface area contributed by atoms with Gasteiger partial charge in [0, 0.05) is 29.3 Å². The van der Waals surface area contributed by atoms with E-state index in [0.717, 1.165) is 54.4 Å². The molecule has 1 aromatic carbocycles. The Morgan fingerprint density at radius 1 is 1.16 bits per heavy atom. The maximum absolute atomic E-state index is 12.3. The quantitative estimate of drug-likeness (QED) is 0.655. The summed E-state index contributed by atoms with van der Waals surface area (Å²) in [6.07, 6.45) is 11.0. The molecule has 1 aromatic heterocycles. The van der Waals surface area contributed by atoms with Gasteiger partial charge in [-0.05, 0) is 79.7 Å². The highest BCUT2D eigenvalue weighted by Crippen LogP contribution is 2.65. The van der Waals surface area contributed by atoms with Gasteiger partial charge >= 0.3 is 0 Å². The lowest BCUT2D eigenvalue weighted by molar-refractivity contribution is -0.140. The second-order valence-electron chi connectivity index (χ2n) is 11.2. The molecule has 4 heteroatoms. The molecule has 2 aromatic rings. The molecule has 1 amide bonds. The third-order valence-electron chi connectivity index (χ3n) is 9.77. The topological polar surface area (TPSA) is 53.7 Å². The van der Waals surface area contributed by atoms with Gasteiger partial charge < -0.3 is 14.4 Å². The number of hydrogen-bond donors (Lipinski definition) is 1. The van der Waals surface area contributed by atoms with Crippen LogP contribution in [0.3, 0.4) is 0 Å². The number of nitrogens with zero attached hydrogens (tertiary/aromatic N) is 1. The van der Waals surface area contributed by atoms with Crippen LogP contribution in [0.15, 0.2) is 52.5 Å². The molecule has 7 atom stereocenters. The number of hydrogen-bond acceptors (Lipinski definition) is 3. The predicted octanol–water partition coefficient (Wildman–Crippen LogP) is 5.43. The van der Waals surface area contributed by atoms with E-state index in [4.69, 9.17) is 4.42 Å². The van der Waals surface area contributed by atoms with Crippen molar-refractivity contribution in [2.24, 2.45) is 28.6 Å². The molecule has 0 spiro atoms. The van der Waals surface area contributed by atoms with Gasteiger partial charge in [0.1, 0.15) is 11.3 Å². The third kappa shape index (κ3) is 2.68. The number of rotatable bonds is 1. The number of amides is 1. The van der Waals surface area contributed by atoms with Gasteiger partial charge in [-0.1, -0.05) is 38.1 Å². The number of carbonyl (C=O) groups excluding carboxylic acids is 1. The van der Waals surface area contributed by atoms with Crippen molar-refractivity contribution in [3.8, 4) is 0 Å². The van der Waals surface area contributed by atoms with Gasteiger partial charge in [-0.3, -0.25) is 4.79 Å². The highest BCUT2D eigenvalue weighted by atomic mass is 16.3. The second-order valence-corrected chi connectivity index (χ2v) is 11.2. The molecule has 3 fully saturated rings. The lowest BCUT2D eigenvalue weighted by atomic mass is 9.48. The average Bonchev–Trinajstić information content (AvgIpc) is 3.30. The number of benzene rings is 1. The number of aliphatic hydroxyl groups is 1. The lowest BCUT2D eigenvalue weighted by Crippen LogP contribution is -2.59. The molecule has 168 valence electrons. The number of para-hydroxylation sites is 1. The minimum Gasteiger partial charge on any atom is -0.457 e. The van der Waals surface area contributed by atoms with Gasteiger partial charge in [-0.2, -0.15) is 0 Å². The maximum Gasteiger partial charge on any atom is 0.246 e. The van der Waals surface area contributed by atoms with Crippen molar-refractivity contribution in [3.05, 3.63) is 53.8 Å². The molecule has 1 aliphatic heterocycles. The number of likely N-dealkylation sites (N-methyl/N-ethyl adjacent to an activating group) is 1. The van der Waals surface area contributed by atoms with Crippen molar-refractivity contribution in [2.45, 2.75) is 58.1 Å². The Kier molecular flexibility index (Phi) is 4.33. The molecule has 4 nitrogen and oxygen atoms in total. The van der Waals surface area contributed by atoms with Crippen LogP contribution in [-0.2, 0) is 4.79 Å². The van der Waals surface area contributed by atoms with Crippen LogP contribution in [0.1, 0.15) is 51.7 Å². The fourth-order valence-corrected chi connectivity index (χ4v) is 7.99. The van der Waals surface area contributed by atoms with E-state index < -0.39 is 6.10 Å². The average molecular weight is 432 g/mol. The fraction of sp³-hybridized carbons (Fsp3) is 0.536. The normalized spacial score (nSPS) is 42.2. The van der Waals surface area contributed by atoms with E-state index in [1.165, 1.54) is 0 Å². The second kappa shape index (κ2) is 6.84. The zero-order valence-corrected chi connectivity index (χ0v) is 19.3. The summed E-state index contributed by atoms with van der Waals surface area (Å²) < 4.78 is 6.05. The highest BCUT2D eigenvalue weighted by molar-refractivity contribution is 5.89. The van der Waals surface area contributed by atoms with Gasteiger partial charge in [0.25, 0.3) is 0 Å². The molecule has 6 rings (SSSR count). The first-order valence-electron chi connectivity index (χ1n) is 12.1. The van der Waals surface area contributed by atoms with Crippen molar-refractivity contribution in [1.29, 1.82) is 0 Å². The van der Waals surface area contributed by atoms with Crippen molar-refractivity contribution >= 4 is 23.0 Å². The van der Waals surface area contributed by atoms with Crippen LogP contribution >= 0.6 is 0 Å². The first-order chi connectivity index (χ1) is 15.3. The summed E-state index contributed by atoms with van der Waals surface area (Å²) in [5.41, 5.74) is 1.96. The number of carbonyl (C=O) groups is 1. The van der Waals surface area contributed by atoms with Gasteiger partial charge in [-0.25, -0.2) is 0 Å². The standard InChI is InChI=1S/C28H33NO3/c1-27-13-11-25(30)29(3)24(27)9-8-20-21(27)10-12-28(2)22(20)16-18(26(28)31)15-19-14-17-6-4-5-7-23(17)32-19/h4-7,11,13-15,20-22,24,26,31H,8-10,12,16H2,1-3H3/t20-,21+,22+,24-,26+,27-,28+/m1/s1. The first-order valence-corrected chi connectivity index (χ1v) is 12.1. The number of fused-ring (bicyclic) bond motifs is 6. The van der Waals surface area contributed by atoms with E-state index in [0.29, 0.717) is 23.8 Å². The van der Waals surface area contributed by atoms with Crippen LogP contribution in [0.5, 0.6) is 0 Å². The summed E-state index contributed by atoms with van der Waals surface area (Å²) in [6.45, 7) is 4.67. The van der Waals surface area contributed by atoms with Gasteiger partial charge in [0.05, 0.1) is 6.10 Å². The van der Waals surface area contributed by atoms with Crippen LogP contribution in [0.25, 0.3) is 17.0 Å². The molecule has 4 aliphatic rings. The molecule has 3 saturated carbocycles. The summed E-state index contributed by atoms with van der Waals surface area (Å²) in [4.78, 5) is 14.3. The van der Waals surface area contributed by atoms with Crippen LogP contribution in [-0.4, -0.2) is 35.1 Å². The molecule has 2 heterocycles. The zero-order chi connectivity index (χ0) is 22.3. The third-order valence-corrected chi connectivity index (χ3v) is 9.77. The Hall–Kier alpha value is -2.33. The van der Waals surface area contributed by atoms with Crippen LogP contribution in [0.2, 0.25) is 0 Å². The Bertz CT molecular complexity index is 1110. The van der Waals surface area contributed by atoms with Crippen molar-refractivity contribution in [3.63, 3.8) is 0 Å². The van der Waals surface area contributed by atoms with Crippen LogP contribution in [0, 0.1) is 28.6 Å².